The van der Waals surface area contributed by atoms with Gasteiger partial charge in [0.2, 0.25) is 0 Å². The van der Waals surface area contributed by atoms with Crippen LogP contribution in [0.15, 0.2) is 12.2 Å². The van der Waals surface area contributed by atoms with Crippen LogP contribution < -0.4 is 0 Å². The summed E-state index contributed by atoms with van der Waals surface area (Å²) >= 11 is 0. The lowest BCUT2D eigenvalue weighted by Gasteiger charge is -2.45. The van der Waals surface area contributed by atoms with Crippen molar-refractivity contribution in [1.82, 2.24) is 4.90 Å². The van der Waals surface area contributed by atoms with E-state index >= 15 is 0 Å². The number of hydrogen-bond donors (Lipinski definition) is 0. The third-order valence-corrected chi connectivity index (χ3v) is 3.40. The zero-order chi connectivity index (χ0) is 8.55. The average Bonchev–Trinajstić information content (AvgIpc) is 2.05. The Bertz CT molecular complexity index is 177. The molecule has 2 bridgehead atoms. The maximum absolute atomic E-state index is 4.01. The lowest BCUT2D eigenvalue weighted by atomic mass is 9.76. The van der Waals surface area contributed by atoms with Crippen molar-refractivity contribution in [3.8, 4) is 0 Å². The topological polar surface area (TPSA) is 3.24 Å². The molecule has 3 aliphatic heterocycles. The van der Waals surface area contributed by atoms with Gasteiger partial charge in [0, 0.05) is 6.54 Å². The molecule has 1 heteroatoms. The minimum atomic E-state index is 0.935. The molecule has 0 aliphatic carbocycles. The van der Waals surface area contributed by atoms with Crippen molar-refractivity contribution in [2.45, 2.75) is 26.2 Å². The second-order valence-electron chi connectivity index (χ2n) is 4.56. The molecule has 1 unspecified atom stereocenters. The van der Waals surface area contributed by atoms with E-state index in [0.717, 1.165) is 11.8 Å². The van der Waals surface area contributed by atoms with E-state index in [9.17, 15) is 0 Å². The van der Waals surface area contributed by atoms with Crippen LogP contribution in [-0.2, 0) is 0 Å². The van der Waals surface area contributed by atoms with Crippen LogP contribution >= 0.6 is 0 Å². The van der Waals surface area contributed by atoms with Gasteiger partial charge in [0.25, 0.3) is 0 Å². The first-order valence-corrected chi connectivity index (χ1v) is 5.12. The van der Waals surface area contributed by atoms with Crippen molar-refractivity contribution in [1.29, 1.82) is 0 Å². The largest absolute Gasteiger partial charge is 0.303 e. The SMILES string of the molecule is C=C(C)CC1CN2CCC1CC2. The van der Waals surface area contributed by atoms with Gasteiger partial charge in [0.15, 0.2) is 0 Å². The van der Waals surface area contributed by atoms with Crippen molar-refractivity contribution >= 4 is 0 Å². The van der Waals surface area contributed by atoms with Gasteiger partial charge < -0.3 is 4.90 Å². The van der Waals surface area contributed by atoms with Gasteiger partial charge in [-0.15, -0.1) is 6.58 Å². The summed E-state index contributed by atoms with van der Waals surface area (Å²) in [7, 11) is 0. The Morgan fingerprint density at radius 2 is 2.08 bits per heavy atom. The highest BCUT2D eigenvalue weighted by atomic mass is 15.1. The normalized spacial score (nSPS) is 39.9. The van der Waals surface area contributed by atoms with E-state index in [0.29, 0.717) is 0 Å². The van der Waals surface area contributed by atoms with Crippen molar-refractivity contribution in [2.75, 3.05) is 19.6 Å². The fraction of sp³-hybridized carbons (Fsp3) is 0.818. The summed E-state index contributed by atoms with van der Waals surface area (Å²) in [4.78, 5) is 2.62. The zero-order valence-corrected chi connectivity index (χ0v) is 8.05. The Kier molecular flexibility index (Phi) is 2.22. The molecule has 3 heterocycles. The molecule has 3 saturated heterocycles. The summed E-state index contributed by atoms with van der Waals surface area (Å²) < 4.78 is 0. The van der Waals surface area contributed by atoms with E-state index in [1.807, 2.05) is 0 Å². The van der Waals surface area contributed by atoms with Gasteiger partial charge in [-0.25, -0.2) is 0 Å². The van der Waals surface area contributed by atoms with Gasteiger partial charge in [-0.2, -0.15) is 0 Å². The molecule has 0 aromatic carbocycles. The molecule has 0 amide bonds. The van der Waals surface area contributed by atoms with Crippen molar-refractivity contribution in [3.63, 3.8) is 0 Å². The Labute approximate surface area is 75.4 Å². The standard InChI is InChI=1S/C11H19N/c1-9(2)7-11-8-12-5-3-10(11)4-6-12/h10-11H,1,3-8H2,2H3. The van der Waals surface area contributed by atoms with Crippen molar-refractivity contribution < 1.29 is 0 Å². The minimum Gasteiger partial charge on any atom is -0.303 e. The molecule has 68 valence electrons. The van der Waals surface area contributed by atoms with E-state index in [4.69, 9.17) is 0 Å². The molecule has 0 saturated carbocycles. The molecule has 0 spiro atoms. The lowest BCUT2D eigenvalue weighted by molar-refractivity contribution is 0.0513. The van der Waals surface area contributed by atoms with Crippen LogP contribution in [0.25, 0.3) is 0 Å². The molecular weight excluding hydrogens is 146 g/mol. The lowest BCUT2D eigenvalue weighted by Crippen LogP contribution is -2.47. The maximum Gasteiger partial charge on any atom is 0.00154 e. The second kappa shape index (κ2) is 3.21. The minimum absolute atomic E-state index is 0.935. The number of fused-ring (bicyclic) bond motifs is 3. The highest BCUT2D eigenvalue weighted by Crippen LogP contribution is 2.35. The van der Waals surface area contributed by atoms with Gasteiger partial charge in [-0.3, -0.25) is 0 Å². The third kappa shape index (κ3) is 1.56. The molecule has 0 aromatic rings. The molecule has 0 aromatic heterocycles. The highest BCUT2D eigenvalue weighted by Gasteiger charge is 2.33. The molecule has 3 aliphatic rings. The zero-order valence-electron chi connectivity index (χ0n) is 8.05. The quantitative estimate of drug-likeness (QED) is 0.567. The van der Waals surface area contributed by atoms with E-state index in [1.54, 1.807) is 0 Å². The number of allylic oxidation sites excluding steroid dienone is 1. The first kappa shape index (κ1) is 8.31. The molecular formula is C11H19N. The third-order valence-electron chi connectivity index (χ3n) is 3.40. The smallest absolute Gasteiger partial charge is 0.00154 e. The molecule has 0 radical (unpaired) electrons. The molecule has 3 fully saturated rings. The Morgan fingerprint density at radius 3 is 2.50 bits per heavy atom. The number of hydrogen-bond acceptors (Lipinski definition) is 1. The number of piperidine rings is 3. The Hall–Kier alpha value is -0.300. The van der Waals surface area contributed by atoms with Gasteiger partial charge in [0.05, 0.1) is 0 Å². The van der Waals surface area contributed by atoms with Crippen LogP contribution in [0, 0.1) is 11.8 Å². The van der Waals surface area contributed by atoms with Gasteiger partial charge in [0.1, 0.15) is 0 Å². The van der Waals surface area contributed by atoms with Crippen LogP contribution in [0.2, 0.25) is 0 Å². The van der Waals surface area contributed by atoms with Crippen LogP contribution in [0.1, 0.15) is 26.2 Å². The number of rotatable bonds is 2. The predicted octanol–water partition coefficient (Wildman–Crippen LogP) is 2.29. The van der Waals surface area contributed by atoms with Gasteiger partial charge in [-0.1, -0.05) is 5.57 Å². The van der Waals surface area contributed by atoms with E-state index in [2.05, 4.69) is 18.4 Å². The van der Waals surface area contributed by atoms with Crippen LogP contribution in [0.3, 0.4) is 0 Å². The Morgan fingerprint density at radius 1 is 1.42 bits per heavy atom. The first-order valence-electron chi connectivity index (χ1n) is 5.12. The highest BCUT2D eigenvalue weighted by molar-refractivity contribution is 4.96. The van der Waals surface area contributed by atoms with E-state index in [1.165, 1.54) is 44.5 Å². The maximum atomic E-state index is 4.01. The predicted molar refractivity (Wildman–Crippen MR) is 52.1 cm³/mol. The average molecular weight is 165 g/mol. The monoisotopic (exact) mass is 165 g/mol. The van der Waals surface area contributed by atoms with Crippen molar-refractivity contribution in [2.24, 2.45) is 11.8 Å². The number of nitrogens with zero attached hydrogens (tertiary/aromatic N) is 1. The van der Waals surface area contributed by atoms with E-state index < -0.39 is 0 Å². The summed E-state index contributed by atoms with van der Waals surface area (Å²) in [5.41, 5.74) is 1.37. The van der Waals surface area contributed by atoms with Crippen LogP contribution in [-0.4, -0.2) is 24.5 Å². The summed E-state index contributed by atoms with van der Waals surface area (Å²) in [5.74, 6) is 1.96. The van der Waals surface area contributed by atoms with Crippen LogP contribution in [0.5, 0.6) is 0 Å². The van der Waals surface area contributed by atoms with Crippen LogP contribution in [0.4, 0.5) is 0 Å². The Balaban J connectivity index is 1.95. The van der Waals surface area contributed by atoms with Crippen molar-refractivity contribution in [3.05, 3.63) is 12.2 Å². The fourth-order valence-electron chi connectivity index (χ4n) is 2.77. The molecule has 1 nitrogen and oxygen atoms in total. The molecule has 0 N–H and O–H groups in total. The summed E-state index contributed by atoms with van der Waals surface area (Å²) in [6, 6.07) is 0. The summed E-state index contributed by atoms with van der Waals surface area (Å²) in [5, 5.41) is 0. The second-order valence-corrected chi connectivity index (χ2v) is 4.56. The summed E-state index contributed by atoms with van der Waals surface area (Å²) in [6.07, 6.45) is 4.15. The van der Waals surface area contributed by atoms with Gasteiger partial charge in [-0.05, 0) is 51.1 Å². The fourth-order valence-corrected chi connectivity index (χ4v) is 2.77. The molecule has 12 heavy (non-hydrogen) atoms. The molecule has 3 rings (SSSR count). The van der Waals surface area contributed by atoms with Gasteiger partial charge >= 0.3 is 0 Å². The summed E-state index contributed by atoms with van der Waals surface area (Å²) in [6.45, 7) is 10.2. The first-order chi connectivity index (χ1) is 5.75. The van der Waals surface area contributed by atoms with E-state index in [-0.39, 0.29) is 0 Å². The molecule has 1 atom stereocenters.